The Labute approximate surface area is 230 Å². The van der Waals surface area contributed by atoms with Crippen LogP contribution in [-0.4, -0.2) is 58.8 Å². The average Bonchev–Trinajstić information content (AvgIpc) is 3.58. The molecule has 2 aliphatic heterocycles. The summed E-state index contributed by atoms with van der Waals surface area (Å²) in [6.07, 6.45) is 1.07. The molecule has 6 rings (SSSR count). The molecular weight excluding hydrogens is 518 g/mol. The molecule has 4 aliphatic rings. The van der Waals surface area contributed by atoms with E-state index in [2.05, 4.69) is 10.6 Å². The molecule has 2 aliphatic carbocycles. The normalized spacial score (nSPS) is 28.1. The Hall–Kier alpha value is -3.84. The van der Waals surface area contributed by atoms with Crippen LogP contribution in [0.15, 0.2) is 48.5 Å². The van der Waals surface area contributed by atoms with Crippen molar-refractivity contribution in [2.24, 2.45) is 17.8 Å². The predicted molar refractivity (Wildman–Crippen MR) is 139 cm³/mol. The number of fused-ring (bicyclic) bond motifs is 4. The molecule has 5 atom stereocenters. The summed E-state index contributed by atoms with van der Waals surface area (Å²) in [6.45, 7) is 0.175. The van der Waals surface area contributed by atoms with E-state index < -0.39 is 59.6 Å². The van der Waals surface area contributed by atoms with Gasteiger partial charge in [0.15, 0.2) is 5.60 Å². The van der Waals surface area contributed by atoms with Crippen molar-refractivity contribution >= 4 is 17.7 Å². The first kappa shape index (κ1) is 26.4. The van der Waals surface area contributed by atoms with Crippen LogP contribution in [0.4, 0.5) is 8.78 Å². The number of amides is 3. The standard InChI is InChI=1S/C30H30F2N4O4/c31-29(32)12-11-21-24(29)16-36(25(21)27(38)35-18(15-33)14-17-6-5-13-34-26(17)37)28(39)30(40)22-9-3-1-7-19(22)20-8-2-4-10-23(20)30/h1-4,7-10,17-18,21,24-25,40H,5-6,11-14,16H2,(H,34,37)(H,35,38)/t17-,18+,21-,24-,25-/m0/s1. The van der Waals surface area contributed by atoms with Gasteiger partial charge in [-0.1, -0.05) is 48.5 Å². The Morgan fingerprint density at radius 1 is 1.12 bits per heavy atom. The summed E-state index contributed by atoms with van der Waals surface area (Å²) in [6, 6.07) is 13.5. The summed E-state index contributed by atoms with van der Waals surface area (Å²) in [4.78, 5) is 41.4. The Kier molecular flexibility index (Phi) is 6.37. The van der Waals surface area contributed by atoms with Gasteiger partial charge in [0.25, 0.3) is 11.8 Å². The summed E-state index contributed by atoms with van der Waals surface area (Å²) in [5, 5.41) is 27.3. The maximum atomic E-state index is 15.0. The quantitative estimate of drug-likeness (QED) is 0.531. The minimum Gasteiger partial charge on any atom is -0.372 e. The minimum atomic E-state index is -3.07. The molecule has 3 N–H and O–H groups in total. The molecule has 2 aromatic carbocycles. The Balaban J connectivity index is 1.33. The van der Waals surface area contributed by atoms with Gasteiger partial charge in [-0.15, -0.1) is 0 Å². The van der Waals surface area contributed by atoms with Gasteiger partial charge in [0.2, 0.25) is 11.8 Å². The van der Waals surface area contributed by atoms with E-state index in [-0.39, 0.29) is 25.3 Å². The van der Waals surface area contributed by atoms with Gasteiger partial charge in [0.1, 0.15) is 12.1 Å². The first-order valence-electron chi connectivity index (χ1n) is 13.7. The van der Waals surface area contributed by atoms with Crippen molar-refractivity contribution in [3.63, 3.8) is 0 Å². The molecule has 0 spiro atoms. The lowest BCUT2D eigenvalue weighted by Gasteiger charge is -2.34. The smallest absolute Gasteiger partial charge is 0.264 e. The van der Waals surface area contributed by atoms with E-state index in [1.54, 1.807) is 48.5 Å². The molecule has 8 nitrogen and oxygen atoms in total. The Bertz CT molecular complexity index is 1380. The second-order valence-corrected chi connectivity index (χ2v) is 11.3. The maximum Gasteiger partial charge on any atom is 0.264 e. The molecule has 2 aromatic rings. The lowest BCUT2D eigenvalue weighted by Crippen LogP contribution is -2.56. The first-order valence-corrected chi connectivity index (χ1v) is 13.7. The number of carbonyl (C=O) groups is 3. The number of halogens is 2. The zero-order chi connectivity index (χ0) is 28.2. The molecule has 10 heteroatoms. The molecule has 0 unspecified atom stereocenters. The summed E-state index contributed by atoms with van der Waals surface area (Å²) < 4.78 is 30.0. The number of nitrogens with zero attached hydrogens (tertiary/aromatic N) is 2. The fourth-order valence-corrected chi connectivity index (χ4v) is 7.20. The zero-order valence-electron chi connectivity index (χ0n) is 21.8. The maximum absolute atomic E-state index is 15.0. The monoisotopic (exact) mass is 548 g/mol. The van der Waals surface area contributed by atoms with E-state index in [4.69, 9.17) is 0 Å². The second-order valence-electron chi connectivity index (χ2n) is 11.3. The van der Waals surface area contributed by atoms with Gasteiger partial charge < -0.3 is 20.6 Å². The summed E-state index contributed by atoms with van der Waals surface area (Å²) in [5.41, 5.74) is -0.163. The van der Waals surface area contributed by atoms with Crippen LogP contribution >= 0.6 is 0 Å². The SMILES string of the molecule is N#C[C@@H](C[C@@H]1CCCNC1=O)NC(=O)[C@@H]1[C@H]2CCC(F)(F)[C@H]2CN1C(=O)C1(O)c2ccccc2-c2ccccc21. The fraction of sp³-hybridized carbons (Fsp3) is 0.467. The Morgan fingerprint density at radius 3 is 2.40 bits per heavy atom. The van der Waals surface area contributed by atoms with Crippen LogP contribution in [0, 0.1) is 29.1 Å². The number of hydrogen-bond acceptors (Lipinski definition) is 5. The predicted octanol–water partition coefficient (Wildman–Crippen LogP) is 2.70. The van der Waals surface area contributed by atoms with Crippen LogP contribution in [0.2, 0.25) is 0 Å². The van der Waals surface area contributed by atoms with E-state index in [1.165, 1.54) is 0 Å². The topological polar surface area (TPSA) is 123 Å². The number of rotatable bonds is 5. The molecule has 208 valence electrons. The van der Waals surface area contributed by atoms with Gasteiger partial charge in [0, 0.05) is 42.5 Å². The molecule has 3 fully saturated rings. The van der Waals surface area contributed by atoms with Crippen LogP contribution in [0.3, 0.4) is 0 Å². The number of piperidine rings is 1. The summed E-state index contributed by atoms with van der Waals surface area (Å²) in [7, 11) is 0. The number of nitrogens with one attached hydrogen (secondary N) is 2. The zero-order valence-corrected chi connectivity index (χ0v) is 21.8. The first-order chi connectivity index (χ1) is 19.2. The summed E-state index contributed by atoms with van der Waals surface area (Å²) >= 11 is 0. The number of carbonyl (C=O) groups excluding carboxylic acids is 3. The number of aliphatic hydroxyl groups is 1. The van der Waals surface area contributed by atoms with Crippen molar-refractivity contribution in [1.29, 1.82) is 5.26 Å². The molecule has 0 bridgehead atoms. The van der Waals surface area contributed by atoms with E-state index in [0.29, 0.717) is 35.2 Å². The molecule has 0 aromatic heterocycles. The van der Waals surface area contributed by atoms with Crippen LogP contribution in [0.5, 0.6) is 0 Å². The minimum absolute atomic E-state index is 0.0351. The van der Waals surface area contributed by atoms with Crippen LogP contribution in [-0.2, 0) is 20.0 Å². The van der Waals surface area contributed by atoms with Gasteiger partial charge in [-0.3, -0.25) is 14.4 Å². The molecule has 0 radical (unpaired) electrons. The van der Waals surface area contributed by atoms with E-state index in [9.17, 15) is 33.5 Å². The third kappa shape index (κ3) is 3.98. The van der Waals surface area contributed by atoms with Gasteiger partial charge in [-0.2, -0.15) is 5.26 Å². The molecule has 40 heavy (non-hydrogen) atoms. The van der Waals surface area contributed by atoms with Crippen molar-refractivity contribution in [2.75, 3.05) is 13.1 Å². The lowest BCUT2D eigenvalue weighted by atomic mass is 9.88. The van der Waals surface area contributed by atoms with Crippen LogP contribution in [0.25, 0.3) is 11.1 Å². The molecular formula is C30H30F2N4O4. The van der Waals surface area contributed by atoms with E-state index in [0.717, 1.165) is 11.3 Å². The van der Waals surface area contributed by atoms with Crippen molar-refractivity contribution in [3.8, 4) is 17.2 Å². The van der Waals surface area contributed by atoms with Crippen molar-refractivity contribution in [1.82, 2.24) is 15.5 Å². The summed E-state index contributed by atoms with van der Waals surface area (Å²) in [5.74, 6) is -7.33. The van der Waals surface area contributed by atoms with Crippen molar-refractivity contribution < 1.29 is 28.3 Å². The van der Waals surface area contributed by atoms with E-state index >= 15 is 0 Å². The lowest BCUT2D eigenvalue weighted by molar-refractivity contribution is -0.153. The van der Waals surface area contributed by atoms with Crippen LogP contribution < -0.4 is 10.6 Å². The average molecular weight is 549 g/mol. The number of nitriles is 1. The molecule has 2 heterocycles. The van der Waals surface area contributed by atoms with Crippen LogP contribution in [0.1, 0.15) is 43.2 Å². The third-order valence-electron chi connectivity index (χ3n) is 9.16. The van der Waals surface area contributed by atoms with Gasteiger partial charge in [-0.05, 0) is 42.7 Å². The molecule has 3 amide bonds. The highest BCUT2D eigenvalue weighted by molar-refractivity contribution is 6.01. The number of alkyl halides is 2. The van der Waals surface area contributed by atoms with Gasteiger partial charge >= 0.3 is 0 Å². The Morgan fingerprint density at radius 2 is 1.77 bits per heavy atom. The van der Waals surface area contributed by atoms with Gasteiger partial charge in [0.05, 0.1) is 6.07 Å². The number of likely N-dealkylation sites (tertiary alicyclic amines) is 1. The number of hydrogen-bond donors (Lipinski definition) is 3. The van der Waals surface area contributed by atoms with Gasteiger partial charge in [-0.25, -0.2) is 8.78 Å². The number of benzene rings is 2. The largest absolute Gasteiger partial charge is 0.372 e. The highest BCUT2D eigenvalue weighted by atomic mass is 19.3. The van der Waals surface area contributed by atoms with Crippen molar-refractivity contribution in [3.05, 3.63) is 59.7 Å². The fourth-order valence-electron chi connectivity index (χ4n) is 7.20. The molecule has 2 saturated heterocycles. The molecule has 1 saturated carbocycles. The van der Waals surface area contributed by atoms with Crippen molar-refractivity contribution in [2.45, 2.75) is 55.7 Å². The third-order valence-corrected chi connectivity index (χ3v) is 9.16. The van der Waals surface area contributed by atoms with E-state index in [1.807, 2.05) is 6.07 Å². The highest BCUT2D eigenvalue weighted by Gasteiger charge is 2.63. The second kappa shape index (κ2) is 9.66. The highest BCUT2D eigenvalue weighted by Crippen LogP contribution is 2.54.